The molecule has 0 atom stereocenters. The Morgan fingerprint density at radius 3 is 2.61 bits per heavy atom. The Morgan fingerprint density at radius 2 is 1.89 bits per heavy atom. The molecule has 0 spiro atoms. The molecule has 0 aliphatic carbocycles. The highest BCUT2D eigenvalue weighted by Gasteiger charge is 2.07. The van der Waals surface area contributed by atoms with Gasteiger partial charge >= 0.3 is 0 Å². The molecule has 144 valence electrons. The van der Waals surface area contributed by atoms with E-state index in [4.69, 9.17) is 9.68 Å². The summed E-state index contributed by atoms with van der Waals surface area (Å²) in [5.41, 5.74) is 4.60. The molecule has 3 rings (SSSR count). The van der Waals surface area contributed by atoms with Crippen LogP contribution in [0.3, 0.4) is 0 Å². The molecule has 0 saturated heterocycles. The Balaban J connectivity index is 0.00000280. The van der Waals surface area contributed by atoms with Crippen LogP contribution in [0, 0.1) is 18.3 Å². The monoisotopic (exact) mass is 487 g/mol. The van der Waals surface area contributed by atoms with Gasteiger partial charge in [0.15, 0.2) is 5.96 Å². The predicted molar refractivity (Wildman–Crippen MR) is 120 cm³/mol. The first-order valence-corrected chi connectivity index (χ1v) is 8.63. The lowest BCUT2D eigenvalue weighted by Crippen LogP contribution is -2.36. The zero-order chi connectivity index (χ0) is 19.1. The van der Waals surface area contributed by atoms with E-state index in [-0.39, 0.29) is 24.0 Å². The van der Waals surface area contributed by atoms with Crippen molar-refractivity contribution >= 4 is 29.9 Å². The van der Waals surface area contributed by atoms with Crippen molar-refractivity contribution in [2.75, 3.05) is 7.05 Å². The summed E-state index contributed by atoms with van der Waals surface area (Å²) in [5, 5.41) is 15.4. The normalized spacial score (nSPS) is 10.7. The highest BCUT2D eigenvalue weighted by Crippen LogP contribution is 2.18. The molecule has 0 amide bonds. The van der Waals surface area contributed by atoms with Crippen LogP contribution in [0.2, 0.25) is 0 Å². The maximum absolute atomic E-state index is 8.97. The first-order chi connectivity index (χ1) is 13.2. The number of nitriles is 1. The van der Waals surface area contributed by atoms with Crippen LogP contribution in [0.25, 0.3) is 11.5 Å². The van der Waals surface area contributed by atoms with E-state index in [2.05, 4.69) is 26.7 Å². The van der Waals surface area contributed by atoms with Gasteiger partial charge in [0.05, 0.1) is 23.9 Å². The summed E-state index contributed by atoms with van der Waals surface area (Å²) in [6.07, 6.45) is 1.64. The van der Waals surface area contributed by atoms with Gasteiger partial charge in [0.25, 0.3) is 0 Å². The average Bonchev–Trinajstić information content (AvgIpc) is 3.18. The maximum atomic E-state index is 8.97. The minimum absolute atomic E-state index is 0. The SMILES string of the molecule is CN=C(NCc1cccc(C#N)c1)NCc1coc(-c2ccc(C)cc2)n1.I. The molecule has 0 saturated carbocycles. The Bertz CT molecular complexity index is 973. The first kappa shape index (κ1) is 21.4. The van der Waals surface area contributed by atoms with Gasteiger partial charge in [0.1, 0.15) is 6.26 Å². The summed E-state index contributed by atoms with van der Waals surface area (Å²) in [6, 6.07) is 17.7. The molecule has 0 aliphatic rings. The van der Waals surface area contributed by atoms with Crippen molar-refractivity contribution in [1.29, 1.82) is 5.26 Å². The molecule has 7 heteroatoms. The summed E-state index contributed by atoms with van der Waals surface area (Å²) in [4.78, 5) is 8.72. The van der Waals surface area contributed by atoms with Crippen molar-refractivity contribution in [3.63, 3.8) is 0 Å². The summed E-state index contributed by atoms with van der Waals surface area (Å²) < 4.78 is 5.57. The van der Waals surface area contributed by atoms with Crippen molar-refractivity contribution in [1.82, 2.24) is 15.6 Å². The molecular formula is C21H22IN5O. The fourth-order valence-corrected chi connectivity index (χ4v) is 2.55. The number of halogens is 1. The lowest BCUT2D eigenvalue weighted by Gasteiger charge is -2.11. The molecule has 0 radical (unpaired) electrons. The Kier molecular flexibility index (Phi) is 8.02. The first-order valence-electron chi connectivity index (χ1n) is 8.63. The molecule has 2 N–H and O–H groups in total. The van der Waals surface area contributed by atoms with Crippen LogP contribution in [0.5, 0.6) is 0 Å². The standard InChI is InChI=1S/C21H21N5O.HI/c1-15-6-8-18(9-7-15)20-26-19(14-27-20)13-25-21(23-2)24-12-17-5-3-4-16(10-17)11-22;/h3-10,14H,12-13H2,1-2H3,(H2,23,24,25);1H. The summed E-state index contributed by atoms with van der Waals surface area (Å²) in [5.74, 6) is 1.25. The number of nitrogens with zero attached hydrogens (tertiary/aromatic N) is 3. The van der Waals surface area contributed by atoms with Gasteiger partial charge < -0.3 is 15.1 Å². The zero-order valence-corrected chi connectivity index (χ0v) is 18.1. The molecule has 1 heterocycles. The topological polar surface area (TPSA) is 86.2 Å². The molecule has 2 aromatic carbocycles. The Labute approximate surface area is 181 Å². The number of oxazole rings is 1. The van der Waals surface area contributed by atoms with Crippen LogP contribution < -0.4 is 10.6 Å². The van der Waals surface area contributed by atoms with Gasteiger partial charge in [-0.25, -0.2) is 4.98 Å². The predicted octanol–water partition coefficient (Wildman–Crippen LogP) is 4.00. The minimum Gasteiger partial charge on any atom is -0.444 e. The molecule has 0 unspecified atom stereocenters. The maximum Gasteiger partial charge on any atom is 0.226 e. The van der Waals surface area contributed by atoms with Crippen LogP contribution in [0.4, 0.5) is 0 Å². The second kappa shape index (κ2) is 10.5. The fraction of sp³-hybridized carbons (Fsp3) is 0.190. The number of aromatic nitrogens is 1. The van der Waals surface area contributed by atoms with Crippen molar-refractivity contribution in [2.24, 2.45) is 4.99 Å². The lowest BCUT2D eigenvalue weighted by atomic mass is 10.1. The highest BCUT2D eigenvalue weighted by molar-refractivity contribution is 14.0. The molecule has 3 aromatic rings. The highest BCUT2D eigenvalue weighted by atomic mass is 127. The van der Waals surface area contributed by atoms with E-state index in [0.29, 0.717) is 30.5 Å². The van der Waals surface area contributed by atoms with Crippen LogP contribution >= 0.6 is 24.0 Å². The van der Waals surface area contributed by atoms with Gasteiger partial charge in [0.2, 0.25) is 5.89 Å². The van der Waals surface area contributed by atoms with Crippen molar-refractivity contribution in [3.05, 3.63) is 77.2 Å². The zero-order valence-electron chi connectivity index (χ0n) is 15.8. The van der Waals surface area contributed by atoms with Crippen LogP contribution in [0.1, 0.15) is 22.4 Å². The summed E-state index contributed by atoms with van der Waals surface area (Å²) in [6.45, 7) is 3.11. The number of nitrogens with one attached hydrogen (secondary N) is 2. The number of aryl methyl sites for hydroxylation is 1. The van der Waals surface area contributed by atoms with E-state index in [1.165, 1.54) is 5.56 Å². The quantitative estimate of drug-likeness (QED) is 0.323. The van der Waals surface area contributed by atoms with E-state index in [1.807, 2.05) is 49.4 Å². The summed E-state index contributed by atoms with van der Waals surface area (Å²) >= 11 is 0. The average molecular weight is 487 g/mol. The second-order valence-electron chi connectivity index (χ2n) is 6.10. The van der Waals surface area contributed by atoms with Gasteiger partial charge in [0, 0.05) is 19.2 Å². The van der Waals surface area contributed by atoms with Gasteiger partial charge in [-0.05, 0) is 36.8 Å². The number of rotatable bonds is 5. The second-order valence-corrected chi connectivity index (χ2v) is 6.10. The van der Waals surface area contributed by atoms with E-state index >= 15 is 0 Å². The van der Waals surface area contributed by atoms with Crippen LogP contribution in [-0.4, -0.2) is 18.0 Å². The molecule has 0 bridgehead atoms. The van der Waals surface area contributed by atoms with Gasteiger partial charge in [-0.3, -0.25) is 4.99 Å². The van der Waals surface area contributed by atoms with Crippen molar-refractivity contribution in [3.8, 4) is 17.5 Å². The van der Waals surface area contributed by atoms with Crippen molar-refractivity contribution < 1.29 is 4.42 Å². The Hall–Kier alpha value is -2.86. The third kappa shape index (κ3) is 5.82. The molecule has 0 aliphatic heterocycles. The lowest BCUT2D eigenvalue weighted by molar-refractivity contribution is 0.572. The van der Waals surface area contributed by atoms with E-state index in [9.17, 15) is 0 Å². The largest absolute Gasteiger partial charge is 0.444 e. The summed E-state index contributed by atoms with van der Waals surface area (Å²) in [7, 11) is 1.71. The smallest absolute Gasteiger partial charge is 0.226 e. The van der Waals surface area contributed by atoms with E-state index in [0.717, 1.165) is 16.8 Å². The van der Waals surface area contributed by atoms with E-state index < -0.39 is 0 Å². The van der Waals surface area contributed by atoms with Crippen molar-refractivity contribution in [2.45, 2.75) is 20.0 Å². The number of benzene rings is 2. The third-order valence-electron chi connectivity index (χ3n) is 4.03. The molecular weight excluding hydrogens is 465 g/mol. The van der Waals surface area contributed by atoms with Gasteiger partial charge in [-0.15, -0.1) is 24.0 Å². The fourth-order valence-electron chi connectivity index (χ4n) is 2.55. The molecule has 28 heavy (non-hydrogen) atoms. The third-order valence-corrected chi connectivity index (χ3v) is 4.03. The molecule has 1 aromatic heterocycles. The number of aliphatic imine (C=N–C) groups is 1. The van der Waals surface area contributed by atoms with Crippen LogP contribution in [-0.2, 0) is 13.1 Å². The van der Waals surface area contributed by atoms with Gasteiger partial charge in [-0.1, -0.05) is 29.8 Å². The molecule has 0 fully saturated rings. The van der Waals surface area contributed by atoms with E-state index in [1.54, 1.807) is 19.4 Å². The molecule has 6 nitrogen and oxygen atoms in total. The Morgan fingerprint density at radius 1 is 1.14 bits per heavy atom. The van der Waals surface area contributed by atoms with Gasteiger partial charge in [-0.2, -0.15) is 5.26 Å². The number of hydrogen-bond donors (Lipinski definition) is 2. The van der Waals surface area contributed by atoms with Crippen LogP contribution in [0.15, 0.2) is 64.2 Å². The number of hydrogen-bond acceptors (Lipinski definition) is 4. The minimum atomic E-state index is 0. The number of guanidine groups is 1.